The van der Waals surface area contributed by atoms with Crippen LogP contribution in [0.5, 0.6) is 5.75 Å². The van der Waals surface area contributed by atoms with Crippen molar-refractivity contribution in [3.05, 3.63) is 33.9 Å². The van der Waals surface area contributed by atoms with Gasteiger partial charge in [0.05, 0.1) is 18.1 Å². The molecule has 0 aliphatic rings. The van der Waals surface area contributed by atoms with E-state index in [0.29, 0.717) is 22.5 Å². The number of anilines is 1. The van der Waals surface area contributed by atoms with Gasteiger partial charge in [0.25, 0.3) is 5.69 Å². The average Bonchev–Trinajstić information content (AvgIpc) is 2.35. The van der Waals surface area contributed by atoms with Crippen LogP contribution in [0.4, 0.5) is 11.5 Å². The summed E-state index contributed by atoms with van der Waals surface area (Å²) in [4.78, 5) is 14.9. The number of nitro groups is 1. The van der Waals surface area contributed by atoms with Crippen LogP contribution in [0.1, 0.15) is 26.3 Å². The molecule has 1 heterocycles. The number of ether oxygens (including phenoxy) is 1. The summed E-state index contributed by atoms with van der Waals surface area (Å²) in [7, 11) is 1.45. The lowest BCUT2D eigenvalue weighted by Crippen LogP contribution is -2.15. The van der Waals surface area contributed by atoms with Crippen molar-refractivity contribution in [3.8, 4) is 5.75 Å². The lowest BCUT2D eigenvalue weighted by atomic mass is 9.86. The summed E-state index contributed by atoms with van der Waals surface area (Å²) in [6.45, 7) is 6.04. The van der Waals surface area contributed by atoms with Crippen LogP contribution < -0.4 is 10.5 Å². The van der Waals surface area contributed by atoms with Crippen molar-refractivity contribution < 1.29 is 9.66 Å². The fourth-order valence-electron chi connectivity index (χ4n) is 2.12. The first-order valence-electron chi connectivity index (χ1n) is 6.17. The third kappa shape index (κ3) is 2.36. The molecule has 6 nitrogen and oxygen atoms in total. The van der Waals surface area contributed by atoms with Gasteiger partial charge in [-0.2, -0.15) is 0 Å². The van der Waals surface area contributed by atoms with Gasteiger partial charge in [-0.15, -0.1) is 0 Å². The Balaban J connectivity index is 2.82. The summed E-state index contributed by atoms with van der Waals surface area (Å²) in [5.41, 5.74) is 7.16. The molecule has 0 aliphatic heterocycles. The van der Waals surface area contributed by atoms with Gasteiger partial charge in [-0.25, -0.2) is 4.98 Å². The quantitative estimate of drug-likeness (QED) is 0.671. The van der Waals surface area contributed by atoms with Gasteiger partial charge in [0.2, 0.25) is 0 Å². The molecule has 0 fully saturated rings. The maximum Gasteiger partial charge on any atom is 0.273 e. The van der Waals surface area contributed by atoms with E-state index in [2.05, 4.69) is 4.98 Å². The molecule has 2 N–H and O–H groups in total. The molecule has 20 heavy (non-hydrogen) atoms. The van der Waals surface area contributed by atoms with E-state index in [1.165, 1.54) is 19.2 Å². The zero-order valence-electron chi connectivity index (χ0n) is 11.9. The second-order valence-electron chi connectivity index (χ2n) is 5.65. The second kappa shape index (κ2) is 4.63. The summed E-state index contributed by atoms with van der Waals surface area (Å²) in [6.07, 6.45) is 0. The number of hydrogen-bond acceptors (Lipinski definition) is 5. The third-order valence-corrected chi connectivity index (χ3v) is 3.14. The van der Waals surface area contributed by atoms with E-state index < -0.39 is 4.92 Å². The molecule has 6 heteroatoms. The monoisotopic (exact) mass is 275 g/mol. The molecule has 1 aromatic heterocycles. The standard InChI is InChI=1S/C14H17N3O3/c1-14(2,3)10-6-8-5-9(17(18)19)7-11(20-4)12(8)16-13(10)15/h5-7H,1-4H3,(H2,15,16). The number of pyridine rings is 1. The highest BCUT2D eigenvalue weighted by molar-refractivity contribution is 5.89. The van der Waals surface area contributed by atoms with Crippen molar-refractivity contribution in [1.82, 2.24) is 4.98 Å². The molecule has 0 atom stereocenters. The fraction of sp³-hybridized carbons (Fsp3) is 0.357. The smallest absolute Gasteiger partial charge is 0.273 e. The zero-order chi connectivity index (χ0) is 15.1. The van der Waals surface area contributed by atoms with Crippen molar-refractivity contribution in [1.29, 1.82) is 0 Å². The number of nitro benzene ring substituents is 1. The number of rotatable bonds is 2. The van der Waals surface area contributed by atoms with E-state index in [9.17, 15) is 10.1 Å². The molecule has 0 aliphatic carbocycles. The number of nitrogen functional groups attached to an aromatic ring is 1. The Kier molecular flexibility index (Phi) is 3.25. The normalized spacial score (nSPS) is 11.6. The zero-order valence-corrected chi connectivity index (χ0v) is 11.9. The predicted octanol–water partition coefficient (Wildman–Crippen LogP) is 3.03. The minimum absolute atomic E-state index is 0.0271. The molecule has 0 radical (unpaired) electrons. The van der Waals surface area contributed by atoms with Crippen LogP contribution in [0.25, 0.3) is 10.9 Å². The van der Waals surface area contributed by atoms with Crippen LogP contribution in [0, 0.1) is 10.1 Å². The molecule has 0 bridgehead atoms. The van der Waals surface area contributed by atoms with Crippen LogP contribution in [0.15, 0.2) is 18.2 Å². The van der Waals surface area contributed by atoms with E-state index in [0.717, 1.165) is 5.56 Å². The number of hydrogen-bond donors (Lipinski definition) is 1. The van der Waals surface area contributed by atoms with Gasteiger partial charge in [-0.3, -0.25) is 10.1 Å². The third-order valence-electron chi connectivity index (χ3n) is 3.14. The van der Waals surface area contributed by atoms with Gasteiger partial charge in [0, 0.05) is 17.0 Å². The van der Waals surface area contributed by atoms with Gasteiger partial charge >= 0.3 is 0 Å². The number of nitrogens with zero attached hydrogens (tertiary/aromatic N) is 2. The SMILES string of the molecule is COc1cc([N+](=O)[O-])cc2cc(C(C)(C)C)c(N)nc12. The lowest BCUT2D eigenvalue weighted by Gasteiger charge is -2.21. The molecule has 2 rings (SSSR count). The first kappa shape index (κ1) is 14.0. The van der Waals surface area contributed by atoms with E-state index in [4.69, 9.17) is 10.5 Å². The molecular formula is C14H17N3O3. The maximum absolute atomic E-state index is 11.0. The highest BCUT2D eigenvalue weighted by Gasteiger charge is 2.21. The maximum atomic E-state index is 11.0. The van der Waals surface area contributed by atoms with Crippen LogP contribution >= 0.6 is 0 Å². The van der Waals surface area contributed by atoms with Gasteiger partial charge in [0.15, 0.2) is 5.75 Å². The Morgan fingerprint density at radius 1 is 1.30 bits per heavy atom. The van der Waals surface area contributed by atoms with Gasteiger partial charge in [0.1, 0.15) is 11.3 Å². The Bertz CT molecular complexity index is 690. The van der Waals surface area contributed by atoms with E-state index in [1.54, 1.807) is 0 Å². The Labute approximate surface area is 116 Å². The van der Waals surface area contributed by atoms with Crippen molar-refractivity contribution in [2.24, 2.45) is 0 Å². The Morgan fingerprint density at radius 2 is 1.95 bits per heavy atom. The molecule has 0 saturated heterocycles. The lowest BCUT2D eigenvalue weighted by molar-refractivity contribution is -0.384. The fourth-order valence-corrected chi connectivity index (χ4v) is 2.12. The number of methoxy groups -OCH3 is 1. The summed E-state index contributed by atoms with van der Waals surface area (Å²) in [5, 5.41) is 11.6. The summed E-state index contributed by atoms with van der Waals surface area (Å²) < 4.78 is 5.18. The first-order valence-corrected chi connectivity index (χ1v) is 6.17. The number of aromatic nitrogens is 1. The largest absolute Gasteiger partial charge is 0.494 e. The van der Waals surface area contributed by atoms with Crippen LogP contribution in [0.3, 0.4) is 0 Å². The van der Waals surface area contributed by atoms with Crippen molar-refractivity contribution >= 4 is 22.4 Å². The van der Waals surface area contributed by atoms with Crippen molar-refractivity contribution in [3.63, 3.8) is 0 Å². The van der Waals surface area contributed by atoms with Gasteiger partial charge in [-0.1, -0.05) is 20.8 Å². The number of nitrogens with two attached hydrogens (primary N) is 1. The molecule has 0 saturated carbocycles. The summed E-state index contributed by atoms with van der Waals surface area (Å²) in [6, 6.07) is 4.68. The summed E-state index contributed by atoms with van der Waals surface area (Å²) >= 11 is 0. The van der Waals surface area contributed by atoms with E-state index in [-0.39, 0.29) is 11.1 Å². The second-order valence-corrected chi connectivity index (χ2v) is 5.65. The summed E-state index contributed by atoms with van der Waals surface area (Å²) in [5.74, 6) is 0.763. The minimum atomic E-state index is -0.449. The number of fused-ring (bicyclic) bond motifs is 1. The van der Waals surface area contributed by atoms with Crippen LogP contribution in [-0.2, 0) is 5.41 Å². The topological polar surface area (TPSA) is 91.3 Å². The Hall–Kier alpha value is -2.37. The van der Waals surface area contributed by atoms with E-state index in [1.807, 2.05) is 26.8 Å². The molecule has 106 valence electrons. The van der Waals surface area contributed by atoms with Gasteiger partial charge in [-0.05, 0) is 11.5 Å². The highest BCUT2D eigenvalue weighted by Crippen LogP contribution is 2.35. The van der Waals surface area contributed by atoms with Crippen LogP contribution in [-0.4, -0.2) is 17.0 Å². The van der Waals surface area contributed by atoms with Crippen molar-refractivity contribution in [2.75, 3.05) is 12.8 Å². The molecular weight excluding hydrogens is 258 g/mol. The predicted molar refractivity (Wildman–Crippen MR) is 78.1 cm³/mol. The molecule has 0 amide bonds. The molecule has 1 aromatic carbocycles. The minimum Gasteiger partial charge on any atom is -0.494 e. The average molecular weight is 275 g/mol. The van der Waals surface area contributed by atoms with Crippen molar-refractivity contribution in [2.45, 2.75) is 26.2 Å². The van der Waals surface area contributed by atoms with Gasteiger partial charge < -0.3 is 10.5 Å². The molecule has 2 aromatic rings. The first-order chi connectivity index (χ1) is 9.24. The number of non-ortho nitro benzene ring substituents is 1. The number of benzene rings is 1. The Morgan fingerprint density at radius 3 is 2.45 bits per heavy atom. The highest BCUT2D eigenvalue weighted by atomic mass is 16.6. The molecule has 0 spiro atoms. The van der Waals surface area contributed by atoms with Crippen LogP contribution in [0.2, 0.25) is 0 Å². The van der Waals surface area contributed by atoms with E-state index >= 15 is 0 Å². The molecule has 0 unspecified atom stereocenters.